The van der Waals surface area contributed by atoms with Crippen molar-refractivity contribution in [2.45, 2.75) is 32.2 Å². The molecular weight excluding hydrogens is 506 g/mol. The molecule has 182 valence electrons. The average Bonchev–Trinajstić information content (AvgIpc) is 3.12. The van der Waals surface area contributed by atoms with E-state index in [-0.39, 0.29) is 9.77 Å². The van der Waals surface area contributed by atoms with Crippen LogP contribution in [0.1, 0.15) is 18.1 Å². The number of sulfonamides is 1. The number of thiazole rings is 1. The molecule has 10 heteroatoms. The molecule has 0 saturated carbocycles. The SMILES string of the molecule is CCn1c(=O)sc2cc(NC(=O)CN(c3ccc(Cl)cc3C)S(=O)(=O)c3ccc(C)cc3)ccc21. The molecule has 1 amide bonds. The molecule has 7 nitrogen and oxygen atoms in total. The van der Waals surface area contributed by atoms with E-state index in [9.17, 15) is 18.0 Å². The minimum atomic E-state index is -4.05. The van der Waals surface area contributed by atoms with Crippen LogP contribution >= 0.6 is 22.9 Å². The Morgan fingerprint density at radius 2 is 1.77 bits per heavy atom. The van der Waals surface area contributed by atoms with E-state index in [4.69, 9.17) is 11.6 Å². The second-order valence-electron chi connectivity index (χ2n) is 8.10. The van der Waals surface area contributed by atoms with E-state index in [1.54, 1.807) is 60.0 Å². The lowest BCUT2D eigenvalue weighted by molar-refractivity contribution is -0.114. The highest BCUT2D eigenvalue weighted by Crippen LogP contribution is 2.29. The molecule has 4 aromatic rings. The summed E-state index contributed by atoms with van der Waals surface area (Å²) in [5.41, 5.74) is 3.17. The summed E-state index contributed by atoms with van der Waals surface area (Å²) in [6, 6.07) is 16.5. The van der Waals surface area contributed by atoms with Gasteiger partial charge in [0.15, 0.2) is 0 Å². The Labute approximate surface area is 212 Å². The molecule has 35 heavy (non-hydrogen) atoms. The van der Waals surface area contributed by atoms with Crippen LogP contribution in [0.15, 0.2) is 70.4 Å². The number of benzene rings is 3. The summed E-state index contributed by atoms with van der Waals surface area (Å²) in [6.07, 6.45) is 0. The maximum absolute atomic E-state index is 13.6. The Balaban J connectivity index is 1.67. The third-order valence-corrected chi connectivity index (χ3v) is 8.54. The third-order valence-electron chi connectivity index (χ3n) is 5.59. The lowest BCUT2D eigenvalue weighted by atomic mass is 10.2. The zero-order chi connectivity index (χ0) is 25.3. The number of aryl methyl sites for hydroxylation is 3. The van der Waals surface area contributed by atoms with E-state index < -0.39 is 22.5 Å². The van der Waals surface area contributed by atoms with Gasteiger partial charge in [0.05, 0.1) is 20.8 Å². The number of amides is 1. The molecule has 1 aromatic heterocycles. The van der Waals surface area contributed by atoms with Gasteiger partial charge in [-0.3, -0.25) is 18.5 Å². The topological polar surface area (TPSA) is 88.5 Å². The fourth-order valence-corrected chi connectivity index (χ4v) is 6.52. The van der Waals surface area contributed by atoms with Crippen molar-refractivity contribution in [3.05, 3.63) is 86.5 Å². The highest BCUT2D eigenvalue weighted by molar-refractivity contribution is 7.92. The molecule has 0 unspecified atom stereocenters. The lowest BCUT2D eigenvalue weighted by Gasteiger charge is -2.26. The summed E-state index contributed by atoms with van der Waals surface area (Å²) in [5, 5.41) is 3.24. The van der Waals surface area contributed by atoms with Gasteiger partial charge in [-0.2, -0.15) is 0 Å². The smallest absolute Gasteiger partial charge is 0.308 e. The molecule has 0 aliphatic heterocycles. The van der Waals surface area contributed by atoms with Crippen molar-refractivity contribution in [2.24, 2.45) is 0 Å². The van der Waals surface area contributed by atoms with E-state index in [0.717, 1.165) is 31.4 Å². The van der Waals surface area contributed by atoms with Crippen LogP contribution in [0, 0.1) is 13.8 Å². The normalized spacial score (nSPS) is 11.5. The fraction of sp³-hybridized carbons (Fsp3) is 0.200. The molecule has 3 aromatic carbocycles. The van der Waals surface area contributed by atoms with Crippen molar-refractivity contribution in [2.75, 3.05) is 16.2 Å². The summed E-state index contributed by atoms with van der Waals surface area (Å²) in [5.74, 6) is -0.517. The van der Waals surface area contributed by atoms with E-state index in [1.165, 1.54) is 12.1 Å². The first kappa shape index (κ1) is 25.0. The highest BCUT2D eigenvalue weighted by Gasteiger charge is 2.28. The summed E-state index contributed by atoms with van der Waals surface area (Å²) in [6.45, 7) is 5.61. The number of anilines is 2. The van der Waals surface area contributed by atoms with Gasteiger partial charge in [-0.25, -0.2) is 8.42 Å². The van der Waals surface area contributed by atoms with Gasteiger partial charge in [-0.05, 0) is 74.9 Å². The van der Waals surface area contributed by atoms with Gasteiger partial charge in [0.25, 0.3) is 10.0 Å². The van der Waals surface area contributed by atoms with Crippen LogP contribution in [0.25, 0.3) is 10.2 Å². The summed E-state index contributed by atoms with van der Waals surface area (Å²) in [7, 11) is -4.05. The van der Waals surface area contributed by atoms with Crippen molar-refractivity contribution in [3.63, 3.8) is 0 Å². The molecule has 0 atom stereocenters. The molecule has 1 N–H and O–H groups in total. The van der Waals surface area contributed by atoms with Crippen molar-refractivity contribution in [1.29, 1.82) is 0 Å². The Morgan fingerprint density at radius 1 is 1.06 bits per heavy atom. The number of carbonyl (C=O) groups is 1. The van der Waals surface area contributed by atoms with Gasteiger partial charge in [0, 0.05) is 17.3 Å². The number of carbonyl (C=O) groups excluding carboxylic acids is 1. The number of aromatic nitrogens is 1. The van der Waals surface area contributed by atoms with E-state index >= 15 is 0 Å². The maximum Gasteiger partial charge on any atom is 0.308 e. The van der Waals surface area contributed by atoms with Gasteiger partial charge in [-0.1, -0.05) is 40.6 Å². The third kappa shape index (κ3) is 5.12. The number of nitrogens with zero attached hydrogens (tertiary/aromatic N) is 2. The minimum Gasteiger partial charge on any atom is -0.324 e. The van der Waals surface area contributed by atoms with Crippen LogP contribution in [0.2, 0.25) is 5.02 Å². The standard InChI is InChI=1S/C25H24ClN3O4S2/c1-4-28-22-12-8-19(14-23(22)34-25(28)31)27-24(30)15-29(21-11-7-18(26)13-17(21)3)35(32,33)20-9-5-16(2)6-10-20/h5-14H,4,15H2,1-3H3,(H,27,30). The van der Waals surface area contributed by atoms with Crippen molar-refractivity contribution in [3.8, 4) is 0 Å². The van der Waals surface area contributed by atoms with E-state index in [1.807, 2.05) is 13.8 Å². The minimum absolute atomic E-state index is 0.0699. The van der Waals surface area contributed by atoms with Crippen molar-refractivity contribution in [1.82, 2.24) is 4.57 Å². The zero-order valence-electron chi connectivity index (χ0n) is 19.4. The first-order valence-corrected chi connectivity index (χ1v) is 13.5. The van der Waals surface area contributed by atoms with Crippen LogP contribution in [-0.4, -0.2) is 25.4 Å². The van der Waals surface area contributed by atoms with Gasteiger partial charge >= 0.3 is 4.87 Å². The number of rotatable bonds is 7. The van der Waals surface area contributed by atoms with Crippen LogP contribution < -0.4 is 14.5 Å². The first-order valence-electron chi connectivity index (χ1n) is 10.9. The molecule has 4 rings (SSSR count). The second kappa shape index (κ2) is 9.85. The van der Waals surface area contributed by atoms with Gasteiger partial charge < -0.3 is 5.32 Å². The maximum atomic E-state index is 13.6. The highest BCUT2D eigenvalue weighted by atomic mass is 35.5. The molecule has 0 bridgehead atoms. The Kier molecular flexibility index (Phi) is 7.02. The van der Waals surface area contributed by atoms with E-state index in [0.29, 0.717) is 28.5 Å². The predicted molar refractivity (Wildman–Crippen MR) is 142 cm³/mol. The first-order chi connectivity index (χ1) is 16.6. The van der Waals surface area contributed by atoms with Crippen LogP contribution in [0.3, 0.4) is 0 Å². The van der Waals surface area contributed by atoms with Crippen LogP contribution in [0.4, 0.5) is 11.4 Å². The summed E-state index contributed by atoms with van der Waals surface area (Å²) >= 11 is 7.18. The quantitative estimate of drug-likeness (QED) is 0.357. The second-order valence-corrected chi connectivity index (χ2v) is 11.4. The Hall–Kier alpha value is -3.14. The zero-order valence-corrected chi connectivity index (χ0v) is 21.8. The molecule has 1 heterocycles. The van der Waals surface area contributed by atoms with Gasteiger partial charge in [-0.15, -0.1) is 0 Å². The molecule has 0 saturated heterocycles. The lowest BCUT2D eigenvalue weighted by Crippen LogP contribution is -2.38. The molecule has 0 spiro atoms. The summed E-state index contributed by atoms with van der Waals surface area (Å²) in [4.78, 5) is 25.2. The molecule has 0 aliphatic rings. The number of nitrogens with one attached hydrogen (secondary N) is 1. The van der Waals surface area contributed by atoms with Crippen LogP contribution in [0.5, 0.6) is 0 Å². The Bertz CT molecular complexity index is 1570. The molecule has 0 radical (unpaired) electrons. The van der Waals surface area contributed by atoms with Crippen LogP contribution in [-0.2, 0) is 21.4 Å². The number of fused-ring (bicyclic) bond motifs is 1. The van der Waals surface area contributed by atoms with Crippen molar-refractivity contribution < 1.29 is 13.2 Å². The number of hydrogen-bond acceptors (Lipinski definition) is 5. The number of hydrogen-bond donors (Lipinski definition) is 1. The molecule has 0 fully saturated rings. The fourth-order valence-electron chi connectivity index (χ4n) is 3.81. The monoisotopic (exact) mass is 529 g/mol. The van der Waals surface area contributed by atoms with Gasteiger partial charge in [0.1, 0.15) is 6.54 Å². The predicted octanol–water partition coefficient (Wildman–Crippen LogP) is 5.19. The van der Waals surface area contributed by atoms with E-state index in [2.05, 4.69) is 5.32 Å². The number of halogens is 1. The average molecular weight is 530 g/mol. The Morgan fingerprint density at radius 3 is 2.43 bits per heavy atom. The molecular formula is C25H24ClN3O4S2. The largest absolute Gasteiger partial charge is 0.324 e. The summed E-state index contributed by atoms with van der Waals surface area (Å²) < 4.78 is 30.7. The van der Waals surface area contributed by atoms with Crippen molar-refractivity contribution >= 4 is 60.5 Å². The van der Waals surface area contributed by atoms with Gasteiger partial charge in [0.2, 0.25) is 5.91 Å². The molecule has 0 aliphatic carbocycles.